The lowest BCUT2D eigenvalue weighted by molar-refractivity contribution is -0.121. The molecular weight excluding hydrogens is 236 g/mol. The van der Waals surface area contributed by atoms with Gasteiger partial charge in [0.25, 0.3) is 0 Å². The number of nitrogens with one attached hydrogen (secondary N) is 2. The van der Waals surface area contributed by atoms with E-state index in [1.54, 1.807) is 7.05 Å². The molecule has 0 saturated heterocycles. The third-order valence-electron chi connectivity index (χ3n) is 3.26. The van der Waals surface area contributed by atoms with Gasteiger partial charge < -0.3 is 10.6 Å². The maximum absolute atomic E-state index is 11.6. The van der Waals surface area contributed by atoms with Crippen LogP contribution in [0.25, 0.3) is 0 Å². The van der Waals surface area contributed by atoms with Crippen molar-refractivity contribution in [2.24, 2.45) is 10.8 Å². The van der Waals surface area contributed by atoms with Gasteiger partial charge in [-0.15, -0.1) is 12.4 Å². The molecule has 1 rings (SSSR count). The van der Waals surface area contributed by atoms with Crippen LogP contribution >= 0.6 is 12.4 Å². The van der Waals surface area contributed by atoms with Crippen molar-refractivity contribution < 1.29 is 4.79 Å². The smallest absolute Gasteiger partial charge is 0.234 e. The topological polar surface area (TPSA) is 41.1 Å². The van der Waals surface area contributed by atoms with Crippen molar-refractivity contribution in [1.29, 1.82) is 0 Å². The Bertz CT molecular complexity index is 248. The minimum Gasteiger partial charge on any atom is -0.352 e. The Kier molecular flexibility index (Phi) is 5.95. The number of amides is 1. The first kappa shape index (κ1) is 16.7. The molecule has 0 bridgehead atoms. The van der Waals surface area contributed by atoms with Crippen molar-refractivity contribution in [3.05, 3.63) is 0 Å². The molecule has 0 heterocycles. The highest BCUT2D eigenvalue weighted by Gasteiger charge is 2.38. The molecule has 0 unspecified atom stereocenters. The maximum atomic E-state index is 11.6. The van der Waals surface area contributed by atoms with Crippen molar-refractivity contribution in [3.8, 4) is 0 Å². The molecule has 0 radical (unpaired) electrons. The van der Waals surface area contributed by atoms with E-state index in [1.165, 1.54) is 6.42 Å². The molecule has 1 aliphatic carbocycles. The molecule has 1 fully saturated rings. The standard InChI is InChI=1S/C13H26N2O.ClH/c1-12(2)6-10(7-13(3,4)9-12)15-11(16)8-14-5;/h10,14H,6-9H2,1-5H3,(H,15,16);1H. The van der Waals surface area contributed by atoms with Gasteiger partial charge in [0.2, 0.25) is 5.91 Å². The zero-order valence-corrected chi connectivity index (χ0v) is 12.5. The molecule has 0 aromatic carbocycles. The summed E-state index contributed by atoms with van der Waals surface area (Å²) in [6, 6.07) is 0.333. The van der Waals surface area contributed by atoms with E-state index in [-0.39, 0.29) is 18.3 Å². The van der Waals surface area contributed by atoms with Gasteiger partial charge in [-0.2, -0.15) is 0 Å². The molecule has 102 valence electrons. The van der Waals surface area contributed by atoms with Crippen LogP contribution in [-0.4, -0.2) is 25.5 Å². The summed E-state index contributed by atoms with van der Waals surface area (Å²) in [5.41, 5.74) is 0.665. The van der Waals surface area contributed by atoms with E-state index in [0.717, 1.165) is 12.8 Å². The van der Waals surface area contributed by atoms with Crippen LogP contribution in [0, 0.1) is 10.8 Å². The third kappa shape index (κ3) is 5.73. The van der Waals surface area contributed by atoms with Crippen LogP contribution in [0.4, 0.5) is 0 Å². The van der Waals surface area contributed by atoms with E-state index in [1.807, 2.05) is 0 Å². The third-order valence-corrected chi connectivity index (χ3v) is 3.26. The number of likely N-dealkylation sites (N-methyl/N-ethyl adjacent to an activating group) is 1. The quantitative estimate of drug-likeness (QED) is 0.820. The van der Waals surface area contributed by atoms with E-state index < -0.39 is 0 Å². The van der Waals surface area contributed by atoms with Crippen LogP contribution in [0.15, 0.2) is 0 Å². The van der Waals surface area contributed by atoms with Crippen molar-refractivity contribution >= 4 is 18.3 Å². The second kappa shape index (κ2) is 6.05. The molecule has 0 spiro atoms. The molecule has 2 N–H and O–H groups in total. The monoisotopic (exact) mass is 262 g/mol. The predicted molar refractivity (Wildman–Crippen MR) is 74.5 cm³/mol. The number of rotatable bonds is 3. The van der Waals surface area contributed by atoms with Gasteiger partial charge in [0.1, 0.15) is 0 Å². The zero-order chi connectivity index (χ0) is 12.4. The molecule has 4 heteroatoms. The van der Waals surface area contributed by atoms with E-state index in [2.05, 4.69) is 38.3 Å². The van der Waals surface area contributed by atoms with Crippen LogP contribution in [0.3, 0.4) is 0 Å². The van der Waals surface area contributed by atoms with Gasteiger partial charge in [-0.1, -0.05) is 27.7 Å². The first-order valence-corrected chi connectivity index (χ1v) is 6.18. The summed E-state index contributed by atoms with van der Waals surface area (Å²) in [6.07, 6.45) is 3.41. The van der Waals surface area contributed by atoms with E-state index >= 15 is 0 Å². The second-order valence-corrected chi connectivity index (χ2v) is 6.71. The van der Waals surface area contributed by atoms with Crippen LogP contribution in [0.2, 0.25) is 0 Å². The fourth-order valence-electron chi connectivity index (χ4n) is 3.39. The summed E-state index contributed by atoms with van der Waals surface area (Å²) < 4.78 is 0. The number of hydrogen-bond acceptors (Lipinski definition) is 2. The highest BCUT2D eigenvalue weighted by atomic mass is 35.5. The largest absolute Gasteiger partial charge is 0.352 e. The molecular formula is C13H27ClN2O. The summed E-state index contributed by atoms with van der Waals surface area (Å²) >= 11 is 0. The van der Waals surface area contributed by atoms with Crippen LogP contribution in [-0.2, 0) is 4.79 Å². The van der Waals surface area contributed by atoms with Gasteiger partial charge in [-0.05, 0) is 37.1 Å². The summed E-state index contributed by atoms with van der Waals surface area (Å²) in [5.74, 6) is 0.112. The lowest BCUT2D eigenvalue weighted by Gasteiger charge is -2.45. The first-order chi connectivity index (χ1) is 7.24. The van der Waals surface area contributed by atoms with Gasteiger partial charge >= 0.3 is 0 Å². The summed E-state index contributed by atoms with van der Waals surface area (Å²) in [5, 5.41) is 6.02. The lowest BCUT2D eigenvalue weighted by Crippen LogP contribution is -2.47. The Hall–Kier alpha value is -0.280. The molecule has 0 aliphatic heterocycles. The highest BCUT2D eigenvalue weighted by molar-refractivity contribution is 5.85. The molecule has 3 nitrogen and oxygen atoms in total. The van der Waals surface area contributed by atoms with Gasteiger partial charge in [-0.3, -0.25) is 4.79 Å². The summed E-state index contributed by atoms with van der Waals surface area (Å²) in [7, 11) is 1.80. The van der Waals surface area contributed by atoms with Crippen LogP contribution in [0.1, 0.15) is 47.0 Å². The Morgan fingerprint density at radius 1 is 1.18 bits per heavy atom. The number of carbonyl (C=O) groups is 1. The van der Waals surface area contributed by atoms with Crippen LogP contribution in [0.5, 0.6) is 0 Å². The normalized spacial score (nSPS) is 22.6. The Morgan fingerprint density at radius 3 is 2.06 bits per heavy atom. The number of halogens is 1. The fraction of sp³-hybridized carbons (Fsp3) is 0.923. The van der Waals surface area contributed by atoms with Crippen LogP contribution < -0.4 is 10.6 Å². The molecule has 1 aliphatic rings. The fourth-order valence-corrected chi connectivity index (χ4v) is 3.39. The zero-order valence-electron chi connectivity index (χ0n) is 11.7. The van der Waals surface area contributed by atoms with Gasteiger partial charge in [0.05, 0.1) is 6.54 Å². The first-order valence-electron chi connectivity index (χ1n) is 6.18. The van der Waals surface area contributed by atoms with E-state index in [4.69, 9.17) is 0 Å². The Labute approximate surface area is 112 Å². The Balaban J connectivity index is 0.00000256. The number of carbonyl (C=O) groups excluding carboxylic acids is 1. The van der Waals surface area contributed by atoms with Gasteiger partial charge in [0, 0.05) is 6.04 Å². The van der Waals surface area contributed by atoms with Gasteiger partial charge in [0.15, 0.2) is 0 Å². The van der Waals surface area contributed by atoms with E-state index in [9.17, 15) is 4.79 Å². The van der Waals surface area contributed by atoms with E-state index in [0.29, 0.717) is 23.4 Å². The predicted octanol–water partition coefficient (Wildman–Crippen LogP) is 2.35. The summed E-state index contributed by atoms with van der Waals surface area (Å²) in [6.45, 7) is 9.60. The Morgan fingerprint density at radius 2 is 1.65 bits per heavy atom. The average molecular weight is 263 g/mol. The van der Waals surface area contributed by atoms with Crippen molar-refractivity contribution in [2.45, 2.75) is 53.0 Å². The van der Waals surface area contributed by atoms with Crippen molar-refractivity contribution in [1.82, 2.24) is 10.6 Å². The summed E-state index contributed by atoms with van der Waals surface area (Å²) in [4.78, 5) is 11.6. The minimum absolute atomic E-state index is 0. The molecule has 17 heavy (non-hydrogen) atoms. The number of hydrogen-bond donors (Lipinski definition) is 2. The van der Waals surface area contributed by atoms with Crippen molar-refractivity contribution in [3.63, 3.8) is 0 Å². The highest BCUT2D eigenvalue weighted by Crippen LogP contribution is 2.45. The second-order valence-electron chi connectivity index (χ2n) is 6.71. The lowest BCUT2D eigenvalue weighted by atomic mass is 9.63. The molecule has 1 saturated carbocycles. The van der Waals surface area contributed by atoms with Crippen molar-refractivity contribution in [2.75, 3.05) is 13.6 Å². The van der Waals surface area contributed by atoms with Gasteiger partial charge in [-0.25, -0.2) is 0 Å². The minimum atomic E-state index is 0. The SMILES string of the molecule is CNCC(=O)NC1CC(C)(C)CC(C)(C)C1.Cl. The molecule has 0 aromatic rings. The molecule has 0 atom stereocenters. The maximum Gasteiger partial charge on any atom is 0.234 e. The molecule has 0 aromatic heterocycles. The molecule has 1 amide bonds. The average Bonchev–Trinajstić information content (AvgIpc) is 1.96.